The van der Waals surface area contributed by atoms with Gasteiger partial charge in [0.05, 0.1) is 5.30 Å². The molecule has 90 valence electrons. The van der Waals surface area contributed by atoms with Crippen molar-refractivity contribution >= 4 is 12.9 Å². The van der Waals surface area contributed by atoms with Crippen LogP contribution in [0.25, 0.3) is 0 Å². The zero-order valence-electron chi connectivity index (χ0n) is 9.81. The Hall–Kier alpha value is -0.630. The number of rotatable bonds is 5. The summed E-state index contributed by atoms with van der Waals surface area (Å²) in [5.41, 5.74) is 1.79. The normalized spacial score (nSPS) is 11.8. The first kappa shape index (κ1) is 13.4. The number of aryl methyl sites for hydroxylation is 1. The van der Waals surface area contributed by atoms with Crippen LogP contribution in [0.5, 0.6) is 0 Å². The van der Waals surface area contributed by atoms with Gasteiger partial charge in [-0.25, -0.2) is 0 Å². The molecule has 0 heterocycles. The predicted octanol–water partition coefficient (Wildman–Crippen LogP) is 2.53. The van der Waals surface area contributed by atoms with Gasteiger partial charge in [0.2, 0.25) is 0 Å². The van der Waals surface area contributed by atoms with E-state index in [1.165, 1.54) is 6.07 Å². The van der Waals surface area contributed by atoms with E-state index in [1.807, 2.05) is 13.0 Å². The zero-order valence-corrected chi connectivity index (χ0v) is 10.7. The van der Waals surface area contributed by atoms with Crippen molar-refractivity contribution in [2.75, 3.05) is 0 Å². The van der Waals surface area contributed by atoms with E-state index in [0.717, 1.165) is 36.8 Å². The van der Waals surface area contributed by atoms with Crippen LogP contribution >= 0.6 is 7.60 Å². The van der Waals surface area contributed by atoms with Crippen molar-refractivity contribution < 1.29 is 14.4 Å². The van der Waals surface area contributed by atoms with Gasteiger partial charge in [0, 0.05) is 0 Å². The molecule has 0 amide bonds. The highest BCUT2D eigenvalue weighted by atomic mass is 31.2. The summed E-state index contributed by atoms with van der Waals surface area (Å²) < 4.78 is 11.3. The van der Waals surface area contributed by atoms with Crippen molar-refractivity contribution in [2.45, 2.75) is 39.5 Å². The van der Waals surface area contributed by atoms with Gasteiger partial charge >= 0.3 is 7.60 Å². The Balaban J connectivity index is 3.00. The molecule has 0 saturated carbocycles. The Morgan fingerprint density at radius 3 is 2.50 bits per heavy atom. The molecule has 1 rings (SSSR count). The van der Waals surface area contributed by atoms with Crippen LogP contribution < -0.4 is 5.30 Å². The van der Waals surface area contributed by atoms with Gasteiger partial charge in [-0.05, 0) is 37.0 Å². The van der Waals surface area contributed by atoms with Crippen LogP contribution in [-0.2, 0) is 11.0 Å². The molecule has 0 aliphatic heterocycles. The minimum atomic E-state index is -4.13. The summed E-state index contributed by atoms with van der Waals surface area (Å²) in [6, 6.07) is 5.14. The fraction of sp³-hybridized carbons (Fsp3) is 0.500. The first-order valence-corrected chi connectivity index (χ1v) is 7.22. The zero-order chi connectivity index (χ0) is 12.2. The molecule has 0 atom stereocenters. The Kier molecular flexibility index (Phi) is 4.72. The third-order valence-electron chi connectivity index (χ3n) is 2.73. The van der Waals surface area contributed by atoms with Crippen molar-refractivity contribution in [3.63, 3.8) is 0 Å². The molecule has 0 bridgehead atoms. The lowest BCUT2D eigenvalue weighted by Crippen LogP contribution is -2.12. The standard InChI is InChI=1S/C12H19O3P/c1-3-4-5-8-11-10(2)7-6-9-12(11)16(13,14)15/h6-7,9H,3-5,8H2,1-2H3,(H2,13,14,15). The molecule has 0 aliphatic carbocycles. The molecule has 0 saturated heterocycles. The molecular formula is C12H19O3P. The molecule has 1 aromatic carbocycles. The topological polar surface area (TPSA) is 57.5 Å². The van der Waals surface area contributed by atoms with Crippen LogP contribution in [0.3, 0.4) is 0 Å². The molecule has 3 nitrogen and oxygen atoms in total. The molecular weight excluding hydrogens is 223 g/mol. The number of hydrogen-bond acceptors (Lipinski definition) is 1. The van der Waals surface area contributed by atoms with Gasteiger partial charge in [0.15, 0.2) is 0 Å². The Labute approximate surface area is 96.7 Å². The van der Waals surface area contributed by atoms with Crippen LogP contribution in [-0.4, -0.2) is 9.79 Å². The van der Waals surface area contributed by atoms with E-state index in [4.69, 9.17) is 0 Å². The van der Waals surface area contributed by atoms with Crippen molar-refractivity contribution in [1.29, 1.82) is 0 Å². The van der Waals surface area contributed by atoms with Gasteiger partial charge in [-0.1, -0.05) is 31.9 Å². The van der Waals surface area contributed by atoms with Crippen LogP contribution in [0.1, 0.15) is 37.3 Å². The van der Waals surface area contributed by atoms with Crippen LogP contribution in [0.4, 0.5) is 0 Å². The number of benzene rings is 1. The second-order valence-electron chi connectivity index (χ2n) is 4.07. The minimum absolute atomic E-state index is 0.198. The van der Waals surface area contributed by atoms with E-state index < -0.39 is 7.60 Å². The van der Waals surface area contributed by atoms with E-state index >= 15 is 0 Å². The van der Waals surface area contributed by atoms with Gasteiger partial charge in [0.25, 0.3) is 0 Å². The van der Waals surface area contributed by atoms with Crippen LogP contribution in [0.15, 0.2) is 18.2 Å². The maximum Gasteiger partial charge on any atom is 0.356 e. The van der Waals surface area contributed by atoms with E-state index in [1.54, 1.807) is 6.07 Å². The number of unbranched alkanes of at least 4 members (excludes halogenated alkanes) is 2. The highest BCUT2D eigenvalue weighted by Gasteiger charge is 2.21. The van der Waals surface area contributed by atoms with Gasteiger partial charge < -0.3 is 9.79 Å². The molecule has 0 aliphatic rings. The van der Waals surface area contributed by atoms with Gasteiger partial charge in [-0.15, -0.1) is 0 Å². The smallest absolute Gasteiger partial charge is 0.321 e. The molecule has 0 unspecified atom stereocenters. The maximum atomic E-state index is 11.3. The summed E-state index contributed by atoms with van der Waals surface area (Å²) >= 11 is 0. The summed E-state index contributed by atoms with van der Waals surface area (Å²) in [7, 11) is -4.13. The van der Waals surface area contributed by atoms with E-state index in [9.17, 15) is 14.4 Å². The van der Waals surface area contributed by atoms with Crippen LogP contribution in [0.2, 0.25) is 0 Å². The van der Waals surface area contributed by atoms with Crippen molar-refractivity contribution in [2.24, 2.45) is 0 Å². The summed E-state index contributed by atoms with van der Waals surface area (Å²) in [5, 5.41) is 0.198. The fourth-order valence-corrected chi connectivity index (χ4v) is 2.76. The van der Waals surface area contributed by atoms with Crippen molar-refractivity contribution in [3.8, 4) is 0 Å². The highest BCUT2D eigenvalue weighted by molar-refractivity contribution is 7.60. The van der Waals surface area contributed by atoms with Crippen molar-refractivity contribution in [3.05, 3.63) is 29.3 Å². The third-order valence-corrected chi connectivity index (χ3v) is 3.78. The first-order valence-electron chi connectivity index (χ1n) is 5.61. The second kappa shape index (κ2) is 5.62. The first-order chi connectivity index (χ1) is 7.46. The minimum Gasteiger partial charge on any atom is -0.321 e. The molecule has 16 heavy (non-hydrogen) atoms. The lowest BCUT2D eigenvalue weighted by molar-refractivity contribution is 0.387. The quantitative estimate of drug-likeness (QED) is 0.616. The SMILES string of the molecule is CCCCCc1c(C)cccc1P(=O)(O)O. The maximum absolute atomic E-state index is 11.3. The van der Waals surface area contributed by atoms with Gasteiger partial charge in [-0.3, -0.25) is 4.57 Å². The number of hydrogen-bond donors (Lipinski definition) is 2. The van der Waals surface area contributed by atoms with Crippen LogP contribution in [0, 0.1) is 6.92 Å². The molecule has 0 fully saturated rings. The second-order valence-corrected chi connectivity index (χ2v) is 5.64. The highest BCUT2D eigenvalue weighted by Crippen LogP contribution is 2.35. The Morgan fingerprint density at radius 1 is 1.25 bits per heavy atom. The molecule has 0 radical (unpaired) electrons. The Bertz CT molecular complexity index is 395. The molecule has 2 N–H and O–H groups in total. The Morgan fingerprint density at radius 2 is 1.94 bits per heavy atom. The van der Waals surface area contributed by atoms with Crippen molar-refractivity contribution in [1.82, 2.24) is 0 Å². The summed E-state index contributed by atoms with van der Waals surface area (Å²) in [6.45, 7) is 4.02. The summed E-state index contributed by atoms with van der Waals surface area (Å²) in [5.74, 6) is 0. The summed E-state index contributed by atoms with van der Waals surface area (Å²) in [4.78, 5) is 18.5. The van der Waals surface area contributed by atoms with Gasteiger partial charge in [0.1, 0.15) is 0 Å². The summed E-state index contributed by atoms with van der Waals surface area (Å²) in [6.07, 6.45) is 3.93. The monoisotopic (exact) mass is 242 g/mol. The average Bonchev–Trinajstić information content (AvgIpc) is 2.19. The third kappa shape index (κ3) is 3.44. The lowest BCUT2D eigenvalue weighted by Gasteiger charge is -2.13. The molecule has 1 aromatic rings. The van der Waals surface area contributed by atoms with Gasteiger partial charge in [-0.2, -0.15) is 0 Å². The largest absolute Gasteiger partial charge is 0.356 e. The predicted molar refractivity (Wildman–Crippen MR) is 66.1 cm³/mol. The fourth-order valence-electron chi connectivity index (χ4n) is 1.84. The molecule has 4 heteroatoms. The van der Waals surface area contributed by atoms with E-state index in [0.29, 0.717) is 0 Å². The molecule has 0 aromatic heterocycles. The van der Waals surface area contributed by atoms with E-state index in [2.05, 4.69) is 6.92 Å². The molecule has 0 spiro atoms. The lowest BCUT2D eigenvalue weighted by atomic mass is 10.0. The average molecular weight is 242 g/mol. The van der Waals surface area contributed by atoms with E-state index in [-0.39, 0.29) is 5.30 Å².